The maximum Gasteiger partial charge on any atom is 0.341 e. The first kappa shape index (κ1) is 29.5. The van der Waals surface area contributed by atoms with E-state index >= 15 is 0 Å². The predicted octanol–water partition coefficient (Wildman–Crippen LogP) is 3.69. The largest absolute Gasteiger partial charge is 0.466 e. The predicted molar refractivity (Wildman–Crippen MR) is 142 cm³/mol. The van der Waals surface area contributed by atoms with Gasteiger partial charge in [0.1, 0.15) is 5.00 Å². The molecule has 206 valence electrons. The van der Waals surface area contributed by atoms with Crippen LogP contribution >= 0.6 is 11.3 Å². The van der Waals surface area contributed by atoms with E-state index in [1.165, 1.54) is 35.5 Å². The van der Waals surface area contributed by atoms with E-state index in [9.17, 15) is 27.6 Å². The van der Waals surface area contributed by atoms with Crippen molar-refractivity contribution in [1.82, 2.24) is 4.31 Å². The SMILES string of the molecule is CCOC(=O)c1c(NCC(=O)c2cccc(S(=O)(=O)N3CCC(C(=O)OCC)CC3)c2)sc(C(C)=O)c1C. The molecule has 0 unspecified atom stereocenters. The first-order chi connectivity index (χ1) is 18.0. The van der Waals surface area contributed by atoms with Crippen molar-refractivity contribution in [2.75, 3.05) is 38.2 Å². The highest BCUT2D eigenvalue weighted by Crippen LogP contribution is 2.34. The van der Waals surface area contributed by atoms with Crippen LogP contribution in [0.2, 0.25) is 0 Å². The second-order valence-corrected chi connectivity index (χ2v) is 11.7. The number of hydrogen-bond donors (Lipinski definition) is 1. The van der Waals surface area contributed by atoms with Gasteiger partial charge in [-0.25, -0.2) is 13.2 Å². The third-order valence-electron chi connectivity index (χ3n) is 6.22. The van der Waals surface area contributed by atoms with Crippen molar-refractivity contribution in [2.45, 2.75) is 45.4 Å². The Balaban J connectivity index is 1.74. The zero-order chi connectivity index (χ0) is 28.0. The van der Waals surface area contributed by atoms with Crippen molar-refractivity contribution in [2.24, 2.45) is 5.92 Å². The molecule has 1 aromatic carbocycles. The van der Waals surface area contributed by atoms with Gasteiger partial charge in [-0.05, 0) is 58.2 Å². The molecule has 0 aliphatic carbocycles. The molecule has 1 N–H and O–H groups in total. The van der Waals surface area contributed by atoms with Gasteiger partial charge < -0.3 is 14.8 Å². The van der Waals surface area contributed by atoms with Gasteiger partial charge in [-0.3, -0.25) is 14.4 Å². The number of rotatable bonds is 11. The number of sulfonamides is 1. The van der Waals surface area contributed by atoms with Crippen LogP contribution in [0.5, 0.6) is 0 Å². The minimum Gasteiger partial charge on any atom is -0.466 e. The Hall–Kier alpha value is -3.09. The van der Waals surface area contributed by atoms with E-state index in [-0.39, 0.29) is 66.5 Å². The smallest absolute Gasteiger partial charge is 0.341 e. The lowest BCUT2D eigenvalue weighted by molar-refractivity contribution is -0.149. The molecule has 1 saturated heterocycles. The maximum atomic E-state index is 13.2. The molecule has 38 heavy (non-hydrogen) atoms. The molecule has 0 bridgehead atoms. The number of hydrogen-bond acceptors (Lipinski definition) is 10. The van der Waals surface area contributed by atoms with E-state index in [4.69, 9.17) is 9.47 Å². The molecule has 1 aliphatic rings. The Bertz CT molecular complexity index is 1320. The van der Waals surface area contributed by atoms with Crippen LogP contribution in [0.4, 0.5) is 5.00 Å². The van der Waals surface area contributed by atoms with Crippen molar-refractivity contribution < 1.29 is 37.1 Å². The number of carbonyl (C=O) groups excluding carboxylic acids is 4. The Morgan fingerprint density at radius 3 is 2.34 bits per heavy atom. The van der Waals surface area contributed by atoms with Crippen LogP contribution in [0.15, 0.2) is 29.2 Å². The van der Waals surface area contributed by atoms with Crippen molar-refractivity contribution in [3.8, 4) is 0 Å². The lowest BCUT2D eigenvalue weighted by atomic mass is 9.98. The van der Waals surface area contributed by atoms with Gasteiger partial charge in [0.15, 0.2) is 11.6 Å². The summed E-state index contributed by atoms with van der Waals surface area (Å²) in [6, 6.07) is 5.77. The highest BCUT2D eigenvalue weighted by Gasteiger charge is 2.33. The molecule has 1 fully saturated rings. The van der Waals surface area contributed by atoms with Crippen molar-refractivity contribution in [3.63, 3.8) is 0 Å². The van der Waals surface area contributed by atoms with Gasteiger partial charge in [0.2, 0.25) is 10.0 Å². The molecule has 2 aromatic rings. The molecule has 0 atom stereocenters. The second kappa shape index (κ2) is 12.6. The highest BCUT2D eigenvalue weighted by molar-refractivity contribution is 7.89. The van der Waals surface area contributed by atoms with Gasteiger partial charge in [0.25, 0.3) is 0 Å². The number of ether oxygens (including phenoxy) is 2. The molecule has 2 heterocycles. The van der Waals surface area contributed by atoms with Crippen molar-refractivity contribution in [1.29, 1.82) is 0 Å². The summed E-state index contributed by atoms with van der Waals surface area (Å²) < 4.78 is 37.9. The third kappa shape index (κ3) is 6.48. The fourth-order valence-electron chi connectivity index (χ4n) is 4.26. The summed E-state index contributed by atoms with van der Waals surface area (Å²) in [5.41, 5.74) is 0.867. The van der Waals surface area contributed by atoms with Crippen molar-refractivity contribution >= 4 is 49.9 Å². The van der Waals surface area contributed by atoms with Crippen LogP contribution in [0.1, 0.15) is 69.6 Å². The lowest BCUT2D eigenvalue weighted by Gasteiger charge is -2.30. The fraction of sp³-hybridized carbons (Fsp3) is 0.462. The Kier molecular flexibility index (Phi) is 9.80. The zero-order valence-electron chi connectivity index (χ0n) is 21.9. The fourth-order valence-corrected chi connectivity index (χ4v) is 6.86. The monoisotopic (exact) mass is 564 g/mol. The molecule has 0 spiro atoms. The number of piperidine rings is 1. The number of benzene rings is 1. The molecular formula is C26H32N2O8S2. The highest BCUT2D eigenvalue weighted by atomic mass is 32.2. The van der Waals surface area contributed by atoms with E-state index in [1.54, 1.807) is 20.8 Å². The molecule has 0 radical (unpaired) electrons. The molecule has 0 amide bonds. The van der Waals surface area contributed by atoms with E-state index in [0.717, 1.165) is 11.3 Å². The molecule has 3 rings (SSSR count). The van der Waals surface area contributed by atoms with Crippen molar-refractivity contribution in [3.05, 3.63) is 45.8 Å². The topological polar surface area (TPSA) is 136 Å². The summed E-state index contributed by atoms with van der Waals surface area (Å²) in [6.45, 7) is 7.02. The van der Waals surface area contributed by atoms with Gasteiger partial charge in [0.05, 0.1) is 41.0 Å². The van der Waals surface area contributed by atoms with E-state index in [2.05, 4.69) is 5.32 Å². The number of thiophene rings is 1. The van der Waals surface area contributed by atoms with Gasteiger partial charge in [-0.1, -0.05) is 12.1 Å². The standard InChI is InChI=1S/C26H32N2O8S2/c1-5-35-25(31)18-10-12-28(13-11-18)38(33,34)20-9-7-8-19(14-20)21(30)15-27-24-22(26(32)36-6-2)16(3)23(37-24)17(4)29/h7-9,14,18,27H,5-6,10-13,15H2,1-4H3. The van der Waals surface area contributed by atoms with Crippen LogP contribution < -0.4 is 5.32 Å². The first-order valence-electron chi connectivity index (χ1n) is 12.4. The number of ketones is 2. The summed E-state index contributed by atoms with van der Waals surface area (Å²) in [5.74, 6) is -1.84. The number of Topliss-reactive ketones (excluding diaryl/α,β-unsaturated/α-hetero) is 2. The zero-order valence-corrected chi connectivity index (χ0v) is 23.5. The number of carbonyl (C=O) groups is 4. The lowest BCUT2D eigenvalue weighted by Crippen LogP contribution is -2.40. The molecule has 1 aliphatic heterocycles. The summed E-state index contributed by atoms with van der Waals surface area (Å²) in [6.07, 6.45) is 0.734. The van der Waals surface area contributed by atoms with Gasteiger partial charge in [-0.2, -0.15) is 4.31 Å². The summed E-state index contributed by atoms with van der Waals surface area (Å²) >= 11 is 1.07. The minimum absolute atomic E-state index is 0.0176. The number of nitrogens with zero attached hydrogens (tertiary/aromatic N) is 1. The molecule has 0 saturated carbocycles. The van der Waals surface area contributed by atoms with Crippen LogP contribution in [0, 0.1) is 12.8 Å². The first-order valence-corrected chi connectivity index (χ1v) is 14.6. The normalized spacial score (nSPS) is 14.6. The second-order valence-electron chi connectivity index (χ2n) is 8.77. The van der Waals surface area contributed by atoms with Crippen LogP contribution in [0.25, 0.3) is 0 Å². The molecule has 10 nitrogen and oxygen atoms in total. The average molecular weight is 565 g/mol. The molecular weight excluding hydrogens is 532 g/mol. The van der Waals surface area contributed by atoms with Gasteiger partial charge in [0, 0.05) is 18.7 Å². The van der Waals surface area contributed by atoms with E-state index < -0.39 is 21.8 Å². The number of anilines is 1. The van der Waals surface area contributed by atoms with Gasteiger partial charge >= 0.3 is 11.9 Å². The Labute approximate surface area is 226 Å². The minimum atomic E-state index is -3.87. The molecule has 12 heteroatoms. The van der Waals surface area contributed by atoms with E-state index in [1.807, 2.05) is 0 Å². The Morgan fingerprint density at radius 1 is 1.08 bits per heavy atom. The molecule has 1 aromatic heterocycles. The van der Waals surface area contributed by atoms with Gasteiger partial charge in [-0.15, -0.1) is 11.3 Å². The quantitative estimate of drug-likeness (QED) is 0.320. The number of esters is 2. The number of nitrogens with one attached hydrogen (secondary N) is 1. The van der Waals surface area contributed by atoms with Crippen LogP contribution in [-0.2, 0) is 24.3 Å². The van der Waals surface area contributed by atoms with Crippen LogP contribution in [0.3, 0.4) is 0 Å². The third-order valence-corrected chi connectivity index (χ3v) is 9.47. The van der Waals surface area contributed by atoms with Crippen LogP contribution in [-0.4, -0.2) is 69.1 Å². The average Bonchev–Trinajstić information content (AvgIpc) is 3.24. The summed E-state index contributed by atoms with van der Waals surface area (Å²) in [5, 5.41) is 3.27. The Morgan fingerprint density at radius 2 is 1.74 bits per heavy atom. The summed E-state index contributed by atoms with van der Waals surface area (Å²) in [4.78, 5) is 49.8. The maximum absolute atomic E-state index is 13.2. The van der Waals surface area contributed by atoms with E-state index in [0.29, 0.717) is 28.3 Å². The summed E-state index contributed by atoms with van der Waals surface area (Å²) in [7, 11) is -3.87.